The predicted octanol–water partition coefficient (Wildman–Crippen LogP) is 0.861. The minimum atomic E-state index is -2.96. The third kappa shape index (κ3) is 4.91. The molecule has 24 heavy (non-hydrogen) atoms. The van der Waals surface area contributed by atoms with Crippen LogP contribution in [0.4, 0.5) is 5.82 Å². The van der Waals surface area contributed by atoms with E-state index in [0.717, 1.165) is 6.42 Å². The lowest BCUT2D eigenvalue weighted by atomic mass is 10.2. The highest BCUT2D eigenvalue weighted by Crippen LogP contribution is 2.23. The van der Waals surface area contributed by atoms with Crippen LogP contribution >= 0.6 is 0 Å². The largest absolute Gasteiger partial charge is 0.385 e. The van der Waals surface area contributed by atoms with Gasteiger partial charge in [-0.15, -0.1) is 0 Å². The Morgan fingerprint density at radius 3 is 2.92 bits per heavy atom. The number of anilines is 1. The highest BCUT2D eigenvalue weighted by atomic mass is 32.2. The summed E-state index contributed by atoms with van der Waals surface area (Å²) in [5.74, 6) is 0.845. The van der Waals surface area contributed by atoms with E-state index in [1.54, 1.807) is 25.4 Å². The van der Waals surface area contributed by atoms with Gasteiger partial charge in [0.05, 0.1) is 11.5 Å². The lowest BCUT2D eigenvalue weighted by molar-refractivity contribution is 0.0948. The number of pyridine rings is 1. The number of hydrogen-bond donors (Lipinski definition) is 1. The summed E-state index contributed by atoms with van der Waals surface area (Å²) < 4.78 is 28.4. The topological polar surface area (TPSA) is 88.6 Å². The molecule has 1 saturated heterocycles. The smallest absolute Gasteiger partial charge is 0.251 e. The Morgan fingerprint density at radius 2 is 2.29 bits per heavy atom. The Labute approximate surface area is 143 Å². The SMILES string of the molecule is CCN(c1cc(C(=O)NCCCOC)ccn1)C1CCS(=O)(=O)C1. The second-order valence-electron chi connectivity index (χ2n) is 5.85. The first kappa shape index (κ1) is 18.7. The standard InChI is InChI=1S/C16H25N3O4S/c1-3-19(14-6-10-24(21,22)12-14)15-11-13(5-8-17-15)16(20)18-7-4-9-23-2/h5,8,11,14H,3-4,6-7,9-10,12H2,1-2H3,(H,18,20). The van der Waals surface area contributed by atoms with Gasteiger partial charge in [0.15, 0.2) is 9.84 Å². The van der Waals surface area contributed by atoms with Gasteiger partial charge in [0.2, 0.25) is 0 Å². The van der Waals surface area contributed by atoms with E-state index in [2.05, 4.69) is 10.3 Å². The Hall–Kier alpha value is -1.67. The summed E-state index contributed by atoms with van der Waals surface area (Å²) in [6, 6.07) is 3.31. The van der Waals surface area contributed by atoms with Gasteiger partial charge in [-0.25, -0.2) is 13.4 Å². The number of carbonyl (C=O) groups is 1. The van der Waals surface area contributed by atoms with Crippen molar-refractivity contribution in [3.05, 3.63) is 23.9 Å². The van der Waals surface area contributed by atoms with Crippen molar-refractivity contribution in [1.29, 1.82) is 0 Å². The van der Waals surface area contributed by atoms with Gasteiger partial charge in [0.1, 0.15) is 5.82 Å². The number of rotatable bonds is 8. The molecule has 1 amide bonds. The molecule has 0 saturated carbocycles. The Balaban J connectivity index is 2.06. The second-order valence-corrected chi connectivity index (χ2v) is 8.08. The summed E-state index contributed by atoms with van der Waals surface area (Å²) in [5, 5.41) is 2.84. The summed E-state index contributed by atoms with van der Waals surface area (Å²) >= 11 is 0. The van der Waals surface area contributed by atoms with Gasteiger partial charge in [-0.1, -0.05) is 0 Å². The lowest BCUT2D eigenvalue weighted by Crippen LogP contribution is -2.37. The molecule has 2 heterocycles. The maximum absolute atomic E-state index is 12.2. The first-order chi connectivity index (χ1) is 11.5. The van der Waals surface area contributed by atoms with E-state index in [1.165, 1.54) is 0 Å². The molecule has 8 heteroatoms. The van der Waals surface area contributed by atoms with Crippen LogP contribution in [-0.2, 0) is 14.6 Å². The molecule has 2 rings (SSSR count). The number of carbonyl (C=O) groups excluding carboxylic acids is 1. The molecule has 1 atom stereocenters. The fourth-order valence-corrected chi connectivity index (χ4v) is 4.60. The molecular formula is C16H25N3O4S. The van der Waals surface area contributed by atoms with Crippen molar-refractivity contribution in [2.24, 2.45) is 0 Å². The molecule has 7 nitrogen and oxygen atoms in total. The predicted molar refractivity (Wildman–Crippen MR) is 93.1 cm³/mol. The number of nitrogens with zero attached hydrogens (tertiary/aromatic N) is 2. The van der Waals surface area contributed by atoms with Gasteiger partial charge >= 0.3 is 0 Å². The van der Waals surface area contributed by atoms with Crippen molar-refractivity contribution in [1.82, 2.24) is 10.3 Å². The van der Waals surface area contributed by atoms with Crippen molar-refractivity contribution in [2.45, 2.75) is 25.8 Å². The van der Waals surface area contributed by atoms with Crippen molar-refractivity contribution < 1.29 is 17.9 Å². The maximum Gasteiger partial charge on any atom is 0.251 e. The Kier molecular flexibility index (Phi) is 6.56. The monoisotopic (exact) mass is 355 g/mol. The van der Waals surface area contributed by atoms with Gasteiger partial charge in [-0.3, -0.25) is 4.79 Å². The zero-order chi connectivity index (χ0) is 17.6. The molecule has 1 aliphatic heterocycles. The molecule has 0 aromatic carbocycles. The minimum Gasteiger partial charge on any atom is -0.385 e. The van der Waals surface area contributed by atoms with E-state index in [9.17, 15) is 13.2 Å². The van der Waals surface area contributed by atoms with E-state index in [0.29, 0.717) is 37.5 Å². The minimum absolute atomic E-state index is 0.0764. The van der Waals surface area contributed by atoms with Crippen LogP contribution in [0, 0.1) is 0 Å². The van der Waals surface area contributed by atoms with Crippen LogP contribution in [0.15, 0.2) is 18.3 Å². The lowest BCUT2D eigenvalue weighted by Gasteiger charge is -2.28. The van der Waals surface area contributed by atoms with Crippen molar-refractivity contribution >= 4 is 21.6 Å². The van der Waals surface area contributed by atoms with Gasteiger partial charge in [0.25, 0.3) is 5.91 Å². The van der Waals surface area contributed by atoms with Crippen molar-refractivity contribution in [3.63, 3.8) is 0 Å². The number of hydrogen-bond acceptors (Lipinski definition) is 6. The third-order valence-corrected chi connectivity index (χ3v) is 5.85. The third-order valence-electron chi connectivity index (χ3n) is 4.10. The Bertz CT molecular complexity index is 663. The van der Waals surface area contributed by atoms with E-state index >= 15 is 0 Å². The molecule has 1 unspecified atom stereocenters. The van der Waals surface area contributed by atoms with Crippen LogP contribution in [0.2, 0.25) is 0 Å². The molecule has 0 bridgehead atoms. The van der Waals surface area contributed by atoms with Crippen molar-refractivity contribution in [3.8, 4) is 0 Å². The maximum atomic E-state index is 12.2. The molecule has 1 fully saturated rings. The highest BCUT2D eigenvalue weighted by molar-refractivity contribution is 7.91. The van der Waals surface area contributed by atoms with Crippen molar-refractivity contribution in [2.75, 3.05) is 43.2 Å². The second kappa shape index (κ2) is 8.43. The van der Waals surface area contributed by atoms with Crippen LogP contribution in [0.5, 0.6) is 0 Å². The van der Waals surface area contributed by atoms with E-state index in [1.807, 2.05) is 11.8 Å². The first-order valence-corrected chi connectivity index (χ1v) is 9.99. The summed E-state index contributed by atoms with van der Waals surface area (Å²) in [6.07, 6.45) is 2.94. The fourth-order valence-electron chi connectivity index (χ4n) is 2.87. The first-order valence-electron chi connectivity index (χ1n) is 8.17. The molecule has 0 radical (unpaired) electrons. The van der Waals surface area contributed by atoms with Gasteiger partial charge in [-0.05, 0) is 31.9 Å². The van der Waals surface area contributed by atoms with Crippen LogP contribution in [0.1, 0.15) is 30.1 Å². The molecule has 0 aliphatic carbocycles. The van der Waals surface area contributed by atoms with Crippen LogP contribution in [0.25, 0.3) is 0 Å². The quantitative estimate of drug-likeness (QED) is 0.696. The molecule has 1 aliphatic rings. The Morgan fingerprint density at radius 1 is 1.50 bits per heavy atom. The van der Waals surface area contributed by atoms with Gasteiger partial charge in [-0.2, -0.15) is 0 Å². The van der Waals surface area contributed by atoms with Gasteiger partial charge < -0.3 is 15.0 Å². The van der Waals surface area contributed by atoms with Gasteiger partial charge in [0, 0.05) is 44.6 Å². The van der Waals surface area contributed by atoms with E-state index in [4.69, 9.17) is 4.74 Å². The molecule has 1 N–H and O–H groups in total. The highest BCUT2D eigenvalue weighted by Gasteiger charge is 2.32. The molecular weight excluding hydrogens is 330 g/mol. The average Bonchev–Trinajstić information content (AvgIpc) is 2.92. The zero-order valence-corrected chi connectivity index (χ0v) is 15.0. The number of amides is 1. The summed E-state index contributed by atoms with van der Waals surface area (Å²) in [6.45, 7) is 3.75. The molecule has 1 aromatic rings. The molecule has 1 aromatic heterocycles. The molecule has 134 valence electrons. The average molecular weight is 355 g/mol. The van der Waals surface area contributed by atoms with Crippen LogP contribution in [-0.4, -0.2) is 63.7 Å². The van der Waals surface area contributed by atoms with E-state index in [-0.39, 0.29) is 23.5 Å². The normalized spacial score (nSPS) is 19.2. The van der Waals surface area contributed by atoms with Crippen LogP contribution in [0.3, 0.4) is 0 Å². The number of ether oxygens (including phenoxy) is 1. The summed E-state index contributed by atoms with van der Waals surface area (Å²) in [4.78, 5) is 18.5. The number of aromatic nitrogens is 1. The summed E-state index contributed by atoms with van der Waals surface area (Å²) in [7, 11) is -1.34. The number of sulfone groups is 1. The van der Waals surface area contributed by atoms with E-state index < -0.39 is 9.84 Å². The van der Waals surface area contributed by atoms with Crippen LogP contribution < -0.4 is 10.2 Å². The number of methoxy groups -OCH3 is 1. The number of nitrogens with one attached hydrogen (secondary N) is 1. The summed E-state index contributed by atoms with van der Waals surface area (Å²) in [5.41, 5.74) is 0.525. The molecule has 0 spiro atoms. The fraction of sp³-hybridized carbons (Fsp3) is 0.625. The zero-order valence-electron chi connectivity index (χ0n) is 14.2.